The van der Waals surface area contributed by atoms with Crippen molar-refractivity contribution in [3.63, 3.8) is 0 Å². The maximum absolute atomic E-state index is 5.94. The van der Waals surface area contributed by atoms with E-state index >= 15 is 0 Å². The van der Waals surface area contributed by atoms with Gasteiger partial charge >= 0.3 is 0 Å². The summed E-state index contributed by atoms with van der Waals surface area (Å²) in [6.45, 7) is 2.62. The van der Waals surface area contributed by atoms with Gasteiger partial charge in [0.25, 0.3) is 0 Å². The third-order valence-corrected chi connectivity index (χ3v) is 3.54. The summed E-state index contributed by atoms with van der Waals surface area (Å²) < 4.78 is 7.90. The number of para-hydroxylation sites is 4. The summed E-state index contributed by atoms with van der Waals surface area (Å²) in [4.78, 5) is 4.70. The predicted octanol–water partition coefficient (Wildman–Crippen LogP) is 4.21. The number of imidazole rings is 1. The van der Waals surface area contributed by atoms with E-state index in [0.29, 0.717) is 12.5 Å². The molecule has 0 saturated carbocycles. The van der Waals surface area contributed by atoms with Gasteiger partial charge in [-0.05, 0) is 31.2 Å². The average Bonchev–Trinajstić information content (AvgIpc) is 2.86. The Morgan fingerprint density at radius 1 is 1.10 bits per heavy atom. The minimum absolute atomic E-state index is 0.542. The van der Waals surface area contributed by atoms with Crippen molar-refractivity contribution < 1.29 is 4.74 Å². The molecular weight excluding hydrogens is 284 g/mol. The summed E-state index contributed by atoms with van der Waals surface area (Å²) >= 11 is 5.94. The third-order valence-electron chi connectivity index (χ3n) is 3.35. The van der Waals surface area contributed by atoms with Gasteiger partial charge in [-0.3, -0.25) is 4.57 Å². The van der Waals surface area contributed by atoms with Crippen molar-refractivity contribution in [3.05, 3.63) is 54.4 Å². The van der Waals surface area contributed by atoms with Crippen LogP contribution in [0.3, 0.4) is 0 Å². The molecule has 1 aromatic heterocycles. The number of hydrogen-bond acceptors (Lipinski definition) is 2. The van der Waals surface area contributed by atoms with Crippen LogP contribution in [0.15, 0.2) is 48.5 Å². The van der Waals surface area contributed by atoms with E-state index in [1.165, 1.54) is 0 Å². The molecule has 0 unspecified atom stereocenters. The first-order valence-electron chi connectivity index (χ1n) is 7.09. The van der Waals surface area contributed by atoms with Crippen LogP contribution in [0.2, 0.25) is 0 Å². The Morgan fingerprint density at radius 2 is 1.86 bits per heavy atom. The lowest BCUT2D eigenvalue weighted by Crippen LogP contribution is -2.05. The molecule has 108 valence electrons. The third kappa shape index (κ3) is 2.61. The van der Waals surface area contributed by atoms with Crippen molar-refractivity contribution in [2.24, 2.45) is 0 Å². The molecule has 0 N–H and O–H groups in total. The quantitative estimate of drug-likeness (QED) is 0.660. The van der Waals surface area contributed by atoms with E-state index in [2.05, 4.69) is 16.7 Å². The van der Waals surface area contributed by atoms with Crippen LogP contribution in [0, 0.1) is 0 Å². The second-order valence-corrected chi connectivity index (χ2v) is 5.07. The molecule has 4 heteroatoms. The van der Waals surface area contributed by atoms with Gasteiger partial charge in [-0.2, -0.15) is 0 Å². The smallest absolute Gasteiger partial charge is 0.143 e. The summed E-state index contributed by atoms with van der Waals surface area (Å²) in [6, 6.07) is 16.1. The highest BCUT2D eigenvalue weighted by molar-refractivity contribution is 6.17. The van der Waals surface area contributed by atoms with Gasteiger partial charge in [0.05, 0.1) is 23.3 Å². The molecule has 0 aliphatic rings. The summed E-state index contributed by atoms with van der Waals surface area (Å²) in [6.07, 6.45) is 0.719. The molecule has 3 rings (SSSR count). The molecule has 0 spiro atoms. The Balaban J connectivity index is 2.25. The average molecular weight is 301 g/mol. The Hall–Kier alpha value is -2.00. The van der Waals surface area contributed by atoms with Gasteiger partial charge in [0.1, 0.15) is 11.6 Å². The second kappa shape index (κ2) is 6.19. The van der Waals surface area contributed by atoms with Crippen molar-refractivity contribution in [3.8, 4) is 11.4 Å². The zero-order valence-electron chi connectivity index (χ0n) is 11.9. The topological polar surface area (TPSA) is 27.1 Å². The standard InChI is InChI=1S/C17H17ClN2O/c1-2-21-16-10-6-5-9-15(16)20-14-8-4-3-7-13(14)19-17(20)11-12-18/h3-10H,2,11-12H2,1H3. The van der Waals surface area contributed by atoms with Crippen LogP contribution >= 0.6 is 11.6 Å². The molecule has 21 heavy (non-hydrogen) atoms. The van der Waals surface area contributed by atoms with E-state index in [0.717, 1.165) is 34.7 Å². The molecule has 0 saturated heterocycles. The molecule has 0 atom stereocenters. The molecule has 0 aliphatic carbocycles. The molecule has 0 bridgehead atoms. The van der Waals surface area contributed by atoms with Gasteiger partial charge in [0.2, 0.25) is 0 Å². The monoisotopic (exact) mass is 300 g/mol. The Labute approximate surface area is 129 Å². The van der Waals surface area contributed by atoms with Crippen LogP contribution in [-0.4, -0.2) is 22.0 Å². The molecule has 0 radical (unpaired) electrons. The van der Waals surface area contributed by atoms with Gasteiger partial charge in [0.15, 0.2) is 0 Å². The van der Waals surface area contributed by atoms with Crippen LogP contribution < -0.4 is 4.74 Å². The van der Waals surface area contributed by atoms with Crippen LogP contribution in [0.25, 0.3) is 16.7 Å². The maximum atomic E-state index is 5.94. The van der Waals surface area contributed by atoms with Crippen molar-refractivity contribution in [2.75, 3.05) is 12.5 Å². The summed E-state index contributed by atoms with van der Waals surface area (Å²) in [5, 5.41) is 0. The van der Waals surface area contributed by atoms with E-state index in [1.54, 1.807) is 0 Å². The van der Waals surface area contributed by atoms with Gasteiger partial charge in [-0.15, -0.1) is 11.6 Å². The fraction of sp³-hybridized carbons (Fsp3) is 0.235. The van der Waals surface area contributed by atoms with E-state index in [1.807, 2.05) is 43.3 Å². The summed E-state index contributed by atoms with van der Waals surface area (Å²) in [7, 11) is 0. The predicted molar refractivity (Wildman–Crippen MR) is 86.7 cm³/mol. The van der Waals surface area contributed by atoms with Crippen LogP contribution in [0.4, 0.5) is 0 Å². The van der Waals surface area contributed by atoms with Crippen molar-refractivity contribution in [2.45, 2.75) is 13.3 Å². The molecular formula is C17H17ClN2O. The molecule has 3 aromatic rings. The van der Waals surface area contributed by atoms with Crippen molar-refractivity contribution >= 4 is 22.6 Å². The Kier molecular flexibility index (Phi) is 4.11. The number of halogens is 1. The highest BCUT2D eigenvalue weighted by Gasteiger charge is 2.14. The van der Waals surface area contributed by atoms with Crippen molar-refractivity contribution in [1.29, 1.82) is 0 Å². The minimum atomic E-state index is 0.542. The molecule has 3 nitrogen and oxygen atoms in total. The van der Waals surface area contributed by atoms with Crippen molar-refractivity contribution in [1.82, 2.24) is 9.55 Å². The number of fused-ring (bicyclic) bond motifs is 1. The van der Waals surface area contributed by atoms with Crippen LogP contribution in [-0.2, 0) is 6.42 Å². The van der Waals surface area contributed by atoms with E-state index < -0.39 is 0 Å². The SMILES string of the molecule is CCOc1ccccc1-n1c(CCCl)nc2ccccc21. The number of ether oxygens (including phenoxy) is 1. The van der Waals surface area contributed by atoms with Gasteiger partial charge < -0.3 is 4.74 Å². The molecule has 0 aliphatic heterocycles. The molecule has 1 heterocycles. The fourth-order valence-corrected chi connectivity index (χ4v) is 2.69. The van der Waals surface area contributed by atoms with E-state index in [9.17, 15) is 0 Å². The number of aryl methyl sites for hydroxylation is 1. The molecule has 0 amide bonds. The first kappa shape index (κ1) is 14.0. The maximum Gasteiger partial charge on any atom is 0.143 e. The number of alkyl halides is 1. The van der Waals surface area contributed by atoms with Crippen LogP contribution in [0.5, 0.6) is 5.75 Å². The zero-order chi connectivity index (χ0) is 14.7. The highest BCUT2D eigenvalue weighted by atomic mass is 35.5. The lowest BCUT2D eigenvalue weighted by molar-refractivity contribution is 0.339. The second-order valence-electron chi connectivity index (χ2n) is 4.69. The number of benzene rings is 2. The van der Waals surface area contributed by atoms with Gasteiger partial charge in [-0.1, -0.05) is 24.3 Å². The number of aromatic nitrogens is 2. The van der Waals surface area contributed by atoms with Crippen LogP contribution in [0.1, 0.15) is 12.7 Å². The zero-order valence-corrected chi connectivity index (χ0v) is 12.7. The lowest BCUT2D eigenvalue weighted by atomic mass is 10.2. The Morgan fingerprint density at radius 3 is 2.67 bits per heavy atom. The minimum Gasteiger partial charge on any atom is -0.492 e. The summed E-state index contributed by atoms with van der Waals surface area (Å²) in [5.41, 5.74) is 3.06. The number of rotatable bonds is 5. The van der Waals surface area contributed by atoms with E-state index in [-0.39, 0.29) is 0 Å². The first-order valence-corrected chi connectivity index (χ1v) is 7.63. The lowest BCUT2D eigenvalue weighted by Gasteiger charge is -2.13. The first-order chi connectivity index (χ1) is 10.3. The fourth-order valence-electron chi connectivity index (χ4n) is 2.52. The number of nitrogens with zero attached hydrogens (tertiary/aromatic N) is 2. The van der Waals surface area contributed by atoms with Gasteiger partial charge in [0, 0.05) is 12.3 Å². The van der Waals surface area contributed by atoms with E-state index in [4.69, 9.17) is 21.3 Å². The molecule has 2 aromatic carbocycles. The Bertz CT molecular complexity index is 751. The number of hydrogen-bond donors (Lipinski definition) is 0. The summed E-state index contributed by atoms with van der Waals surface area (Å²) in [5.74, 6) is 2.36. The van der Waals surface area contributed by atoms with Gasteiger partial charge in [-0.25, -0.2) is 4.98 Å². The highest BCUT2D eigenvalue weighted by Crippen LogP contribution is 2.28. The largest absolute Gasteiger partial charge is 0.492 e. The molecule has 0 fully saturated rings. The normalized spacial score (nSPS) is 11.0.